The molecule has 1 saturated carbocycles. The fourth-order valence-corrected chi connectivity index (χ4v) is 5.50. The summed E-state index contributed by atoms with van der Waals surface area (Å²) in [5.74, 6) is 0. The Morgan fingerprint density at radius 1 is 0.730 bits per heavy atom. The first-order valence-electron chi connectivity index (χ1n) is 12.5. The molecule has 4 aliphatic rings. The fraction of sp³-hybridized carbons (Fsp3) is 1.00. The number of hydrogen-bond acceptors (Lipinski definition) is 16. The molecule has 17 atom stereocenters. The second-order valence-corrected chi connectivity index (χ2v) is 10.4. The van der Waals surface area contributed by atoms with E-state index in [4.69, 9.17) is 52.4 Å². The number of rotatable bonds is 6. The molecule has 0 bridgehead atoms. The standard InChI is InChI=1S/C21H42N6O10/c1-27-12-15(31)18-8(33-20(12)37-21-14(30)11(26)10(25)9(4-28)34-21)3-7(24)19(36-18)35-17-6(23)2-5(22)13(29)16(17)32/h5-21,27-32H,2-4,22-26H2,1H3/t5-,6?,7?,8+,9?,10-,11+,12?,13?,14?,15?,16-,17-,18?,19+,20?,21-/m1/s1. The molecule has 0 aromatic heterocycles. The normalized spacial score (nSPS) is 55.1. The maximum Gasteiger partial charge on any atom is 0.188 e. The van der Waals surface area contributed by atoms with Crippen molar-refractivity contribution in [3.8, 4) is 0 Å². The van der Waals surface area contributed by atoms with Gasteiger partial charge in [0.1, 0.15) is 36.6 Å². The van der Waals surface area contributed by atoms with Crippen LogP contribution in [0.5, 0.6) is 0 Å². The maximum absolute atomic E-state index is 11.2. The number of aliphatic hydroxyl groups excluding tert-OH is 5. The predicted molar refractivity (Wildman–Crippen MR) is 125 cm³/mol. The molecule has 4 fully saturated rings. The largest absolute Gasteiger partial charge is 0.394 e. The van der Waals surface area contributed by atoms with Crippen molar-refractivity contribution in [2.75, 3.05) is 13.7 Å². The van der Waals surface area contributed by atoms with Crippen LogP contribution in [0.2, 0.25) is 0 Å². The van der Waals surface area contributed by atoms with Gasteiger partial charge in [-0.05, 0) is 19.9 Å². The Morgan fingerprint density at radius 2 is 1.43 bits per heavy atom. The van der Waals surface area contributed by atoms with Gasteiger partial charge in [0.2, 0.25) is 0 Å². The Kier molecular flexibility index (Phi) is 9.40. The minimum absolute atomic E-state index is 0.181. The van der Waals surface area contributed by atoms with E-state index in [1.54, 1.807) is 7.05 Å². The van der Waals surface area contributed by atoms with Gasteiger partial charge >= 0.3 is 0 Å². The van der Waals surface area contributed by atoms with Gasteiger partial charge in [-0.1, -0.05) is 0 Å². The topological polar surface area (TPSA) is 289 Å². The molecule has 0 amide bonds. The Bertz CT molecular complexity index is 757. The molecule has 3 heterocycles. The van der Waals surface area contributed by atoms with Gasteiger partial charge in [0.15, 0.2) is 18.9 Å². The van der Waals surface area contributed by atoms with Crippen molar-refractivity contribution >= 4 is 0 Å². The average molecular weight is 539 g/mol. The summed E-state index contributed by atoms with van der Waals surface area (Å²) in [4.78, 5) is 0. The van der Waals surface area contributed by atoms with E-state index in [-0.39, 0.29) is 12.8 Å². The quantitative estimate of drug-likeness (QED) is 0.150. The van der Waals surface area contributed by atoms with E-state index in [0.29, 0.717) is 0 Å². The van der Waals surface area contributed by atoms with E-state index in [1.807, 2.05) is 0 Å². The van der Waals surface area contributed by atoms with Crippen LogP contribution in [0.15, 0.2) is 0 Å². The Labute approximate surface area is 214 Å². The summed E-state index contributed by atoms with van der Waals surface area (Å²) in [6.07, 6.45) is -11.6. The first-order chi connectivity index (χ1) is 17.5. The molecule has 9 unspecified atom stereocenters. The molecule has 3 saturated heterocycles. The second-order valence-electron chi connectivity index (χ2n) is 10.4. The monoisotopic (exact) mass is 538 g/mol. The van der Waals surface area contributed by atoms with Crippen molar-refractivity contribution in [3.63, 3.8) is 0 Å². The van der Waals surface area contributed by atoms with E-state index in [9.17, 15) is 25.5 Å². The van der Waals surface area contributed by atoms with Gasteiger partial charge in [0.25, 0.3) is 0 Å². The number of hydrogen-bond donors (Lipinski definition) is 11. The zero-order valence-corrected chi connectivity index (χ0v) is 20.6. The fourth-order valence-electron chi connectivity index (χ4n) is 5.50. The van der Waals surface area contributed by atoms with Crippen LogP contribution in [0.3, 0.4) is 0 Å². The Morgan fingerprint density at radius 3 is 2.08 bits per heavy atom. The molecule has 0 spiro atoms. The van der Waals surface area contributed by atoms with E-state index < -0.39 is 111 Å². The lowest BCUT2D eigenvalue weighted by Gasteiger charge is -2.51. The summed E-state index contributed by atoms with van der Waals surface area (Å²) in [7, 11) is 1.58. The number of fused-ring (bicyclic) bond motifs is 1. The number of likely N-dealkylation sites (N-methyl/N-ethyl adjacent to an activating group) is 1. The first kappa shape index (κ1) is 29.3. The van der Waals surface area contributed by atoms with E-state index in [2.05, 4.69) is 5.32 Å². The molecule has 216 valence electrons. The van der Waals surface area contributed by atoms with Crippen LogP contribution in [0.4, 0.5) is 0 Å². The molecule has 0 aromatic carbocycles. The van der Waals surface area contributed by atoms with Crippen LogP contribution in [0.25, 0.3) is 0 Å². The number of ether oxygens (including phenoxy) is 5. The van der Waals surface area contributed by atoms with Crippen LogP contribution in [0, 0.1) is 0 Å². The number of aliphatic hydroxyl groups is 5. The molecular weight excluding hydrogens is 496 g/mol. The van der Waals surface area contributed by atoms with Gasteiger partial charge in [-0.2, -0.15) is 0 Å². The maximum atomic E-state index is 11.2. The van der Waals surface area contributed by atoms with Crippen molar-refractivity contribution in [1.29, 1.82) is 0 Å². The van der Waals surface area contributed by atoms with Crippen LogP contribution < -0.4 is 34.0 Å². The smallest absolute Gasteiger partial charge is 0.188 e. The third-order valence-corrected chi connectivity index (χ3v) is 7.84. The third-order valence-electron chi connectivity index (χ3n) is 7.84. The van der Waals surface area contributed by atoms with Crippen molar-refractivity contribution in [1.82, 2.24) is 5.32 Å². The van der Waals surface area contributed by atoms with Crippen molar-refractivity contribution in [2.45, 2.75) is 117 Å². The van der Waals surface area contributed by atoms with Gasteiger partial charge in [0.05, 0.1) is 43.0 Å². The van der Waals surface area contributed by atoms with Crippen molar-refractivity contribution < 1.29 is 49.2 Å². The summed E-state index contributed by atoms with van der Waals surface area (Å²) in [6, 6.07) is -4.67. The minimum Gasteiger partial charge on any atom is -0.394 e. The van der Waals surface area contributed by atoms with Gasteiger partial charge in [-0.15, -0.1) is 0 Å². The molecule has 0 radical (unpaired) electrons. The van der Waals surface area contributed by atoms with E-state index in [1.165, 1.54) is 0 Å². The molecular formula is C21H42N6O10. The van der Waals surface area contributed by atoms with Crippen LogP contribution >= 0.6 is 0 Å². The highest BCUT2D eigenvalue weighted by Gasteiger charge is 2.54. The van der Waals surface area contributed by atoms with E-state index in [0.717, 1.165) is 0 Å². The van der Waals surface area contributed by atoms with Crippen molar-refractivity contribution in [2.24, 2.45) is 28.7 Å². The summed E-state index contributed by atoms with van der Waals surface area (Å²) >= 11 is 0. The zero-order valence-electron chi connectivity index (χ0n) is 20.6. The van der Waals surface area contributed by atoms with Crippen molar-refractivity contribution in [3.05, 3.63) is 0 Å². The Balaban J connectivity index is 1.43. The summed E-state index contributed by atoms with van der Waals surface area (Å²) in [5.41, 5.74) is 30.1. The number of nitrogens with two attached hydrogens (primary N) is 5. The lowest BCUT2D eigenvalue weighted by Crippen LogP contribution is -2.70. The van der Waals surface area contributed by atoms with Crippen LogP contribution in [-0.4, -0.2) is 143 Å². The third kappa shape index (κ3) is 5.66. The molecule has 16 heteroatoms. The molecule has 4 rings (SSSR count). The SMILES string of the molecule is CNC1C(O[C@H]2OC(CO)[C@@H](N)[C@H](N)C2O)O[C@H]2CC(N)[C@@H](O[C@@H]3C(N)C[C@@H](N)C(O)[C@H]3O)OC2C1O. The highest BCUT2D eigenvalue weighted by atomic mass is 16.8. The van der Waals surface area contributed by atoms with E-state index >= 15 is 0 Å². The molecule has 0 aromatic rings. The zero-order chi connectivity index (χ0) is 27.2. The predicted octanol–water partition coefficient (Wildman–Crippen LogP) is -6.98. The summed E-state index contributed by atoms with van der Waals surface area (Å²) < 4.78 is 29.4. The number of nitrogens with one attached hydrogen (secondary N) is 1. The minimum atomic E-state index is -1.34. The molecule has 37 heavy (non-hydrogen) atoms. The highest BCUT2D eigenvalue weighted by Crippen LogP contribution is 2.35. The highest BCUT2D eigenvalue weighted by molar-refractivity contribution is 5.02. The molecule has 1 aliphatic carbocycles. The Hall–Kier alpha value is -0.640. The lowest BCUT2D eigenvalue weighted by atomic mass is 9.84. The first-order valence-corrected chi connectivity index (χ1v) is 12.5. The second kappa shape index (κ2) is 11.8. The molecule has 3 aliphatic heterocycles. The molecule has 16 N–H and O–H groups in total. The van der Waals surface area contributed by atoms with Gasteiger partial charge < -0.3 is 83.2 Å². The van der Waals surface area contributed by atoms with Crippen LogP contribution in [0.1, 0.15) is 12.8 Å². The average Bonchev–Trinajstić information content (AvgIpc) is 2.86. The van der Waals surface area contributed by atoms with Gasteiger partial charge in [-0.25, -0.2) is 0 Å². The summed E-state index contributed by atoms with van der Waals surface area (Å²) in [5, 5.41) is 54.7. The summed E-state index contributed by atoms with van der Waals surface area (Å²) in [6.45, 7) is -0.428. The lowest BCUT2D eigenvalue weighted by molar-refractivity contribution is -0.368. The van der Waals surface area contributed by atoms with Gasteiger partial charge in [0, 0.05) is 12.1 Å². The molecule has 16 nitrogen and oxygen atoms in total. The van der Waals surface area contributed by atoms with Crippen LogP contribution in [-0.2, 0) is 23.7 Å². The van der Waals surface area contributed by atoms with Gasteiger partial charge in [-0.3, -0.25) is 0 Å².